The zero-order valence-electron chi connectivity index (χ0n) is 9.59. The molecule has 0 aliphatic rings. The Morgan fingerprint density at radius 1 is 1.38 bits per heavy atom. The van der Waals surface area contributed by atoms with Gasteiger partial charge in [-0.05, 0) is 30.9 Å². The summed E-state index contributed by atoms with van der Waals surface area (Å²) in [6, 6.07) is 6.06. The van der Waals surface area contributed by atoms with E-state index in [1.807, 2.05) is 37.0 Å². The van der Waals surface area contributed by atoms with Crippen LogP contribution >= 0.6 is 35.0 Å². The van der Waals surface area contributed by atoms with Crippen molar-refractivity contribution in [1.82, 2.24) is 5.32 Å². The molecular weight excluding hydrogens is 261 g/mol. The summed E-state index contributed by atoms with van der Waals surface area (Å²) in [7, 11) is 1.95. The van der Waals surface area contributed by atoms with Gasteiger partial charge in [-0.25, -0.2) is 0 Å². The minimum atomic E-state index is 0.266. The molecule has 0 aromatic heterocycles. The van der Waals surface area contributed by atoms with E-state index in [2.05, 4.69) is 12.2 Å². The van der Waals surface area contributed by atoms with Crippen molar-refractivity contribution < 1.29 is 0 Å². The van der Waals surface area contributed by atoms with Crippen LogP contribution in [0.2, 0.25) is 10.0 Å². The molecule has 0 amide bonds. The van der Waals surface area contributed by atoms with E-state index in [4.69, 9.17) is 23.2 Å². The fourth-order valence-corrected chi connectivity index (χ4v) is 2.94. The van der Waals surface area contributed by atoms with Gasteiger partial charge in [-0.3, -0.25) is 0 Å². The summed E-state index contributed by atoms with van der Waals surface area (Å²) in [5.74, 6) is 2.20. The molecule has 16 heavy (non-hydrogen) atoms. The van der Waals surface area contributed by atoms with Gasteiger partial charge in [-0.1, -0.05) is 42.3 Å². The van der Waals surface area contributed by atoms with Crippen molar-refractivity contribution in [2.45, 2.75) is 19.4 Å². The third-order valence-electron chi connectivity index (χ3n) is 2.34. The third-order valence-corrected chi connectivity index (χ3v) is 4.44. The van der Waals surface area contributed by atoms with E-state index in [0.29, 0.717) is 10.0 Å². The van der Waals surface area contributed by atoms with Crippen molar-refractivity contribution in [3.8, 4) is 0 Å². The molecule has 1 atom stereocenters. The Labute approximate surface area is 112 Å². The molecule has 4 heteroatoms. The fourth-order valence-electron chi connectivity index (χ4n) is 1.46. The van der Waals surface area contributed by atoms with Crippen LogP contribution < -0.4 is 5.32 Å². The van der Waals surface area contributed by atoms with E-state index in [9.17, 15) is 0 Å². The third kappa shape index (κ3) is 3.85. The second-order valence-corrected chi connectivity index (χ2v) is 5.49. The topological polar surface area (TPSA) is 12.0 Å². The lowest BCUT2D eigenvalue weighted by Crippen LogP contribution is -2.19. The first-order valence-electron chi connectivity index (χ1n) is 5.39. The predicted octanol–water partition coefficient (Wildman–Crippen LogP) is 4.40. The van der Waals surface area contributed by atoms with Crippen LogP contribution in [0.15, 0.2) is 18.2 Å². The quantitative estimate of drug-likeness (QED) is 0.774. The number of nitrogens with one attached hydrogen (secondary N) is 1. The largest absolute Gasteiger partial charge is 0.312 e. The summed E-state index contributed by atoms with van der Waals surface area (Å²) in [5.41, 5.74) is 1.08. The van der Waals surface area contributed by atoms with Crippen molar-refractivity contribution >= 4 is 35.0 Å². The Bertz CT molecular complexity index is 331. The number of rotatable bonds is 6. The highest BCUT2D eigenvalue weighted by atomic mass is 35.5. The molecule has 0 fully saturated rings. The SMILES string of the molecule is CCCSCC(NC)c1cccc(Cl)c1Cl. The van der Waals surface area contributed by atoms with Gasteiger partial charge in [0.25, 0.3) is 0 Å². The summed E-state index contributed by atoms with van der Waals surface area (Å²) in [6.07, 6.45) is 1.20. The number of hydrogen-bond acceptors (Lipinski definition) is 2. The maximum atomic E-state index is 6.20. The van der Waals surface area contributed by atoms with Gasteiger partial charge in [-0.2, -0.15) is 11.8 Å². The molecule has 0 heterocycles. The first-order chi connectivity index (χ1) is 7.70. The minimum Gasteiger partial charge on any atom is -0.312 e. The molecule has 0 saturated carbocycles. The predicted molar refractivity (Wildman–Crippen MR) is 75.9 cm³/mol. The van der Waals surface area contributed by atoms with E-state index >= 15 is 0 Å². The molecule has 0 radical (unpaired) electrons. The van der Waals surface area contributed by atoms with Crippen LogP contribution in [-0.2, 0) is 0 Å². The minimum absolute atomic E-state index is 0.266. The van der Waals surface area contributed by atoms with E-state index in [1.165, 1.54) is 12.2 Å². The molecular formula is C12H17Cl2NS. The van der Waals surface area contributed by atoms with Crippen molar-refractivity contribution in [3.05, 3.63) is 33.8 Å². The summed E-state index contributed by atoms with van der Waals surface area (Å²) >= 11 is 14.1. The molecule has 0 bridgehead atoms. The van der Waals surface area contributed by atoms with Crippen LogP contribution in [0.4, 0.5) is 0 Å². The van der Waals surface area contributed by atoms with Gasteiger partial charge in [0.05, 0.1) is 10.0 Å². The molecule has 1 nitrogen and oxygen atoms in total. The van der Waals surface area contributed by atoms with Gasteiger partial charge < -0.3 is 5.32 Å². The maximum absolute atomic E-state index is 6.20. The Morgan fingerprint density at radius 2 is 2.12 bits per heavy atom. The van der Waals surface area contributed by atoms with Gasteiger partial charge in [0.15, 0.2) is 0 Å². The molecule has 0 aliphatic heterocycles. The first kappa shape index (κ1) is 14.2. The lowest BCUT2D eigenvalue weighted by atomic mass is 10.1. The van der Waals surface area contributed by atoms with Crippen molar-refractivity contribution in [2.24, 2.45) is 0 Å². The van der Waals surface area contributed by atoms with E-state index in [0.717, 1.165) is 11.3 Å². The standard InChI is InChI=1S/C12H17Cl2NS/c1-3-7-16-8-11(15-2)9-5-4-6-10(13)12(9)14/h4-6,11,15H,3,7-8H2,1-2H3. The highest BCUT2D eigenvalue weighted by Gasteiger charge is 2.14. The zero-order valence-corrected chi connectivity index (χ0v) is 11.9. The molecule has 0 spiro atoms. The Morgan fingerprint density at radius 3 is 2.75 bits per heavy atom. The van der Waals surface area contributed by atoms with Crippen LogP contribution in [0.3, 0.4) is 0 Å². The summed E-state index contributed by atoms with van der Waals surface area (Å²) in [5, 5.41) is 4.57. The Hall–Kier alpha value is 0.110. The second kappa shape index (κ2) is 7.44. The van der Waals surface area contributed by atoms with Crippen molar-refractivity contribution in [1.29, 1.82) is 0 Å². The van der Waals surface area contributed by atoms with Crippen LogP contribution in [-0.4, -0.2) is 18.6 Å². The van der Waals surface area contributed by atoms with Crippen LogP contribution in [0, 0.1) is 0 Å². The van der Waals surface area contributed by atoms with Crippen LogP contribution in [0.5, 0.6) is 0 Å². The Balaban J connectivity index is 2.74. The number of hydrogen-bond donors (Lipinski definition) is 1. The zero-order chi connectivity index (χ0) is 12.0. The van der Waals surface area contributed by atoms with Gasteiger partial charge in [0.1, 0.15) is 0 Å². The van der Waals surface area contributed by atoms with Gasteiger partial charge in [0, 0.05) is 11.8 Å². The molecule has 0 saturated heterocycles. The van der Waals surface area contributed by atoms with Crippen LogP contribution in [0.25, 0.3) is 0 Å². The lowest BCUT2D eigenvalue weighted by Gasteiger charge is -2.18. The van der Waals surface area contributed by atoms with Gasteiger partial charge in [-0.15, -0.1) is 0 Å². The molecule has 1 N–H and O–H groups in total. The number of halogens is 2. The average molecular weight is 278 g/mol. The van der Waals surface area contributed by atoms with E-state index in [1.54, 1.807) is 0 Å². The van der Waals surface area contributed by atoms with E-state index < -0.39 is 0 Å². The number of thioether (sulfide) groups is 1. The van der Waals surface area contributed by atoms with Crippen LogP contribution in [0.1, 0.15) is 24.9 Å². The van der Waals surface area contributed by atoms with E-state index in [-0.39, 0.29) is 6.04 Å². The Kier molecular flexibility index (Phi) is 6.59. The van der Waals surface area contributed by atoms with Gasteiger partial charge in [0.2, 0.25) is 0 Å². The lowest BCUT2D eigenvalue weighted by molar-refractivity contribution is 0.662. The fraction of sp³-hybridized carbons (Fsp3) is 0.500. The molecule has 1 unspecified atom stereocenters. The summed E-state index contributed by atoms with van der Waals surface area (Å²) in [6.45, 7) is 2.19. The summed E-state index contributed by atoms with van der Waals surface area (Å²) in [4.78, 5) is 0. The number of benzene rings is 1. The maximum Gasteiger partial charge on any atom is 0.0640 e. The van der Waals surface area contributed by atoms with Gasteiger partial charge >= 0.3 is 0 Å². The smallest absolute Gasteiger partial charge is 0.0640 e. The second-order valence-electron chi connectivity index (χ2n) is 3.56. The molecule has 1 rings (SSSR count). The molecule has 1 aromatic rings. The summed E-state index contributed by atoms with van der Waals surface area (Å²) < 4.78 is 0. The van der Waals surface area contributed by atoms with Crippen molar-refractivity contribution in [2.75, 3.05) is 18.6 Å². The molecule has 0 aliphatic carbocycles. The highest BCUT2D eigenvalue weighted by Crippen LogP contribution is 2.31. The highest BCUT2D eigenvalue weighted by molar-refractivity contribution is 7.99. The first-order valence-corrected chi connectivity index (χ1v) is 7.30. The monoisotopic (exact) mass is 277 g/mol. The normalized spacial score (nSPS) is 12.8. The van der Waals surface area contributed by atoms with Crippen molar-refractivity contribution in [3.63, 3.8) is 0 Å². The average Bonchev–Trinajstić information content (AvgIpc) is 2.29. The molecule has 90 valence electrons. The molecule has 1 aromatic carbocycles.